The molecular weight excluding hydrogens is 425 g/mol. The summed E-state index contributed by atoms with van der Waals surface area (Å²) in [5.74, 6) is 0.168. The maximum Gasteiger partial charge on any atom is 0.275 e. The highest BCUT2D eigenvalue weighted by atomic mass is 35.5. The summed E-state index contributed by atoms with van der Waals surface area (Å²) in [6.45, 7) is 3.39. The van der Waals surface area contributed by atoms with Gasteiger partial charge >= 0.3 is 0 Å². The molecule has 1 saturated heterocycles. The number of hydrogen-bond donors (Lipinski definition) is 1. The minimum absolute atomic E-state index is 0.0498. The maximum absolute atomic E-state index is 14.5. The van der Waals surface area contributed by atoms with Gasteiger partial charge in [0.1, 0.15) is 5.67 Å². The van der Waals surface area contributed by atoms with Gasteiger partial charge in [-0.3, -0.25) is 9.59 Å². The number of hydrogen-bond acceptors (Lipinski definition) is 5. The van der Waals surface area contributed by atoms with Gasteiger partial charge in [-0.05, 0) is 38.7 Å². The van der Waals surface area contributed by atoms with Crippen molar-refractivity contribution in [1.82, 2.24) is 9.97 Å². The van der Waals surface area contributed by atoms with Crippen molar-refractivity contribution in [3.8, 4) is 0 Å². The van der Waals surface area contributed by atoms with Gasteiger partial charge in [0.15, 0.2) is 16.4 Å². The zero-order valence-corrected chi connectivity index (χ0v) is 18.4. The molecule has 158 valence electrons. The van der Waals surface area contributed by atoms with Gasteiger partial charge < -0.3 is 9.88 Å². The summed E-state index contributed by atoms with van der Waals surface area (Å²) in [5, 5.41) is 0.758. The standard InChI is InChI=1S/C22H23ClFN3O2S/c1-22(2,24)19-16(23)18-17(20(29)26-19)25-21(30-18)27-12-6-9-14(27)15(28)11-10-13-7-4-3-5-8-13/h3-5,7-8,14H,6,9-12H2,1-2H3,(H,26,29)/t14-/m1/s1. The molecule has 0 aliphatic carbocycles. The Labute approximate surface area is 182 Å². The number of Topliss-reactive ketones (excluding diaryl/α,β-unsaturated/α-hetero) is 1. The molecule has 1 atom stereocenters. The molecule has 3 aromatic rings. The molecular formula is C22H23ClFN3O2S. The number of anilines is 1. The first-order valence-corrected chi connectivity index (χ1v) is 11.2. The monoisotopic (exact) mass is 447 g/mol. The van der Waals surface area contributed by atoms with E-state index >= 15 is 0 Å². The Kier molecular flexibility index (Phi) is 5.68. The second-order valence-electron chi connectivity index (χ2n) is 8.09. The van der Waals surface area contributed by atoms with E-state index in [0.717, 1.165) is 18.4 Å². The van der Waals surface area contributed by atoms with E-state index in [2.05, 4.69) is 9.97 Å². The second kappa shape index (κ2) is 8.12. The Morgan fingerprint density at radius 1 is 1.37 bits per heavy atom. The van der Waals surface area contributed by atoms with Crippen molar-refractivity contribution in [2.24, 2.45) is 0 Å². The Balaban J connectivity index is 1.61. The zero-order chi connectivity index (χ0) is 21.5. The number of thiazole rings is 1. The minimum Gasteiger partial charge on any atom is -0.338 e. The number of carbonyl (C=O) groups excluding carboxylic acids is 1. The molecule has 3 heterocycles. The molecule has 0 bridgehead atoms. The molecule has 1 aromatic carbocycles. The van der Waals surface area contributed by atoms with Crippen LogP contribution in [0.1, 0.15) is 44.4 Å². The minimum atomic E-state index is -1.78. The SMILES string of the molecule is CC(C)(F)c1[nH]c(=O)c2nc(N3CCC[C@@H]3C(=O)CCc3ccccc3)sc2c1Cl. The molecule has 0 radical (unpaired) electrons. The van der Waals surface area contributed by atoms with Gasteiger partial charge in [-0.15, -0.1) is 0 Å². The number of rotatable bonds is 6. The van der Waals surface area contributed by atoms with Crippen LogP contribution in [0.2, 0.25) is 5.02 Å². The number of aromatic nitrogens is 2. The number of nitrogens with one attached hydrogen (secondary N) is 1. The fourth-order valence-corrected chi connectivity index (χ4v) is 5.45. The van der Waals surface area contributed by atoms with Crippen molar-refractivity contribution in [3.05, 3.63) is 57.0 Å². The van der Waals surface area contributed by atoms with E-state index in [4.69, 9.17) is 11.6 Å². The number of ketones is 1. The van der Waals surface area contributed by atoms with Crippen molar-refractivity contribution in [1.29, 1.82) is 0 Å². The van der Waals surface area contributed by atoms with Crippen LogP contribution in [-0.2, 0) is 16.9 Å². The lowest BCUT2D eigenvalue weighted by molar-refractivity contribution is -0.120. The average Bonchev–Trinajstić information content (AvgIpc) is 3.36. The van der Waals surface area contributed by atoms with Gasteiger partial charge in [-0.25, -0.2) is 9.37 Å². The molecule has 2 aromatic heterocycles. The van der Waals surface area contributed by atoms with Crippen LogP contribution in [0, 0.1) is 0 Å². The summed E-state index contributed by atoms with van der Waals surface area (Å²) in [5.41, 5.74) is -0.874. The number of carbonyl (C=O) groups is 1. The maximum atomic E-state index is 14.5. The summed E-state index contributed by atoms with van der Waals surface area (Å²) in [6.07, 6.45) is 2.79. The number of nitrogens with zero attached hydrogens (tertiary/aromatic N) is 2. The van der Waals surface area contributed by atoms with E-state index in [1.165, 1.54) is 25.2 Å². The van der Waals surface area contributed by atoms with Crippen molar-refractivity contribution in [2.45, 2.75) is 51.2 Å². The van der Waals surface area contributed by atoms with Crippen LogP contribution in [-0.4, -0.2) is 28.3 Å². The molecule has 0 saturated carbocycles. The third kappa shape index (κ3) is 4.01. The molecule has 30 heavy (non-hydrogen) atoms. The third-order valence-electron chi connectivity index (χ3n) is 5.46. The fraction of sp³-hybridized carbons (Fsp3) is 0.409. The van der Waals surface area contributed by atoms with Gasteiger partial charge in [-0.2, -0.15) is 0 Å². The largest absolute Gasteiger partial charge is 0.338 e. The predicted octanol–water partition coefficient (Wildman–Crippen LogP) is 5.01. The lowest BCUT2D eigenvalue weighted by atomic mass is 10.0. The van der Waals surface area contributed by atoms with Crippen molar-refractivity contribution >= 4 is 44.1 Å². The number of halogens is 2. The van der Waals surface area contributed by atoms with Crippen LogP contribution >= 0.6 is 22.9 Å². The number of aryl methyl sites for hydroxylation is 1. The van der Waals surface area contributed by atoms with E-state index in [1.54, 1.807) is 0 Å². The Bertz CT molecular complexity index is 1140. The smallest absolute Gasteiger partial charge is 0.275 e. The molecule has 0 spiro atoms. The molecule has 1 N–H and O–H groups in total. The van der Waals surface area contributed by atoms with Crippen LogP contribution in [0.15, 0.2) is 35.1 Å². The lowest BCUT2D eigenvalue weighted by Crippen LogP contribution is -2.36. The van der Waals surface area contributed by atoms with E-state index in [9.17, 15) is 14.0 Å². The number of alkyl halides is 1. The van der Waals surface area contributed by atoms with Crippen LogP contribution in [0.3, 0.4) is 0 Å². The number of pyridine rings is 1. The topological polar surface area (TPSA) is 66.1 Å². The van der Waals surface area contributed by atoms with Gasteiger partial charge in [0, 0.05) is 13.0 Å². The van der Waals surface area contributed by atoms with Gasteiger partial charge in [0.05, 0.1) is 21.5 Å². The Hall–Kier alpha value is -2.25. The number of aromatic amines is 1. The Morgan fingerprint density at radius 2 is 2.10 bits per heavy atom. The van der Waals surface area contributed by atoms with E-state index in [-0.39, 0.29) is 28.1 Å². The molecule has 0 unspecified atom stereocenters. The van der Waals surface area contributed by atoms with E-state index in [1.807, 2.05) is 35.2 Å². The van der Waals surface area contributed by atoms with E-state index in [0.29, 0.717) is 29.2 Å². The highest BCUT2D eigenvalue weighted by Gasteiger charge is 2.33. The number of benzene rings is 1. The van der Waals surface area contributed by atoms with Crippen LogP contribution in [0.25, 0.3) is 10.2 Å². The van der Waals surface area contributed by atoms with E-state index < -0.39 is 11.2 Å². The summed E-state index contributed by atoms with van der Waals surface area (Å²) < 4.78 is 14.9. The molecule has 1 fully saturated rings. The number of H-pyrrole nitrogens is 1. The Morgan fingerprint density at radius 3 is 2.80 bits per heavy atom. The van der Waals surface area contributed by atoms with Crippen molar-refractivity contribution in [2.75, 3.05) is 11.4 Å². The van der Waals surface area contributed by atoms with Gasteiger partial charge in [0.25, 0.3) is 5.56 Å². The fourth-order valence-electron chi connectivity index (χ4n) is 3.89. The highest BCUT2D eigenvalue weighted by Crippen LogP contribution is 2.39. The predicted molar refractivity (Wildman–Crippen MR) is 120 cm³/mol. The summed E-state index contributed by atoms with van der Waals surface area (Å²) in [7, 11) is 0. The quantitative estimate of drug-likeness (QED) is 0.576. The molecule has 0 amide bonds. The second-order valence-corrected chi connectivity index (χ2v) is 9.45. The van der Waals surface area contributed by atoms with Crippen molar-refractivity contribution in [3.63, 3.8) is 0 Å². The zero-order valence-electron chi connectivity index (χ0n) is 16.9. The third-order valence-corrected chi connectivity index (χ3v) is 7.06. The highest BCUT2D eigenvalue weighted by molar-refractivity contribution is 7.22. The first-order chi connectivity index (χ1) is 14.3. The summed E-state index contributed by atoms with van der Waals surface area (Å²) in [4.78, 5) is 34.4. The first-order valence-electron chi connectivity index (χ1n) is 10.0. The van der Waals surface area contributed by atoms with Gasteiger partial charge in [-0.1, -0.05) is 53.3 Å². The number of fused-ring (bicyclic) bond motifs is 1. The summed E-state index contributed by atoms with van der Waals surface area (Å²) >= 11 is 7.65. The van der Waals surface area contributed by atoms with Gasteiger partial charge in [0.2, 0.25) is 0 Å². The molecule has 5 nitrogen and oxygen atoms in total. The molecule has 1 aliphatic rings. The molecule has 4 rings (SSSR count). The normalized spacial score (nSPS) is 17.1. The first kappa shape index (κ1) is 21.0. The van der Waals surface area contributed by atoms with Crippen LogP contribution < -0.4 is 10.5 Å². The molecule has 1 aliphatic heterocycles. The summed E-state index contributed by atoms with van der Waals surface area (Å²) in [6, 6.07) is 9.67. The van der Waals surface area contributed by atoms with Crippen molar-refractivity contribution < 1.29 is 9.18 Å². The average molecular weight is 448 g/mol. The van der Waals surface area contributed by atoms with Crippen LogP contribution in [0.5, 0.6) is 0 Å². The van der Waals surface area contributed by atoms with Crippen LogP contribution in [0.4, 0.5) is 9.52 Å². The lowest BCUT2D eigenvalue weighted by Gasteiger charge is -2.22. The molecule has 8 heteroatoms.